The molecule has 2 rings (SSSR count). The standard InChI is InChI=1S/C15H18ClN3O2S/c1-3-19(4-2)15-18-14(21)12(22-15)9-13(20)17-11-7-5-10(16)6-8-11/h5-8,12H,3-4,9H2,1-2H3,(H,17,20). The molecule has 0 bridgehead atoms. The molecule has 5 nitrogen and oxygen atoms in total. The van der Waals surface area contributed by atoms with Gasteiger partial charge >= 0.3 is 0 Å². The van der Waals surface area contributed by atoms with E-state index in [1.165, 1.54) is 11.8 Å². The number of carbonyl (C=O) groups excluding carboxylic acids is 2. The summed E-state index contributed by atoms with van der Waals surface area (Å²) in [5, 5.41) is 3.64. The monoisotopic (exact) mass is 339 g/mol. The van der Waals surface area contributed by atoms with Crippen molar-refractivity contribution in [1.82, 2.24) is 4.90 Å². The number of aliphatic imine (C=N–C) groups is 1. The fourth-order valence-corrected chi connectivity index (χ4v) is 3.37. The Kier molecular flexibility index (Phi) is 5.85. The van der Waals surface area contributed by atoms with E-state index in [0.29, 0.717) is 15.9 Å². The van der Waals surface area contributed by atoms with Gasteiger partial charge in [-0.15, -0.1) is 0 Å². The maximum atomic E-state index is 12.0. The van der Waals surface area contributed by atoms with Crippen LogP contribution in [-0.4, -0.2) is 40.2 Å². The van der Waals surface area contributed by atoms with Crippen molar-refractivity contribution in [2.45, 2.75) is 25.5 Å². The van der Waals surface area contributed by atoms with Crippen molar-refractivity contribution >= 4 is 46.0 Å². The molecule has 0 saturated heterocycles. The number of hydrogen-bond donors (Lipinski definition) is 1. The smallest absolute Gasteiger partial charge is 0.262 e. The van der Waals surface area contributed by atoms with E-state index in [2.05, 4.69) is 10.3 Å². The van der Waals surface area contributed by atoms with Crippen LogP contribution in [0.2, 0.25) is 5.02 Å². The zero-order valence-corrected chi connectivity index (χ0v) is 14.1. The highest BCUT2D eigenvalue weighted by Gasteiger charge is 2.32. The minimum atomic E-state index is -0.442. The van der Waals surface area contributed by atoms with Gasteiger partial charge in [0.1, 0.15) is 5.25 Å². The van der Waals surface area contributed by atoms with Gasteiger partial charge in [0.25, 0.3) is 5.91 Å². The summed E-state index contributed by atoms with van der Waals surface area (Å²) in [5.74, 6) is -0.442. The summed E-state index contributed by atoms with van der Waals surface area (Å²) in [6.45, 7) is 5.61. The van der Waals surface area contributed by atoms with Crippen molar-refractivity contribution in [3.8, 4) is 0 Å². The maximum Gasteiger partial charge on any atom is 0.262 e. The summed E-state index contributed by atoms with van der Waals surface area (Å²) < 4.78 is 0. The third kappa shape index (κ3) is 4.24. The number of nitrogens with zero attached hydrogens (tertiary/aromatic N) is 2. The summed E-state index contributed by atoms with van der Waals surface area (Å²) in [6, 6.07) is 6.85. The molecule has 1 unspecified atom stereocenters. The summed E-state index contributed by atoms with van der Waals surface area (Å²) >= 11 is 7.16. The molecule has 1 atom stereocenters. The second-order valence-electron chi connectivity index (χ2n) is 4.77. The number of nitrogens with one attached hydrogen (secondary N) is 1. The highest BCUT2D eigenvalue weighted by molar-refractivity contribution is 8.15. The molecule has 1 heterocycles. The number of thioether (sulfide) groups is 1. The number of halogens is 1. The lowest BCUT2D eigenvalue weighted by Gasteiger charge is -2.19. The van der Waals surface area contributed by atoms with Gasteiger partial charge in [0.15, 0.2) is 5.17 Å². The first kappa shape index (κ1) is 16.8. The number of amides is 2. The average molecular weight is 340 g/mol. The molecule has 22 heavy (non-hydrogen) atoms. The average Bonchev–Trinajstić information content (AvgIpc) is 2.84. The van der Waals surface area contributed by atoms with Gasteiger partial charge < -0.3 is 10.2 Å². The van der Waals surface area contributed by atoms with Crippen molar-refractivity contribution in [3.63, 3.8) is 0 Å². The van der Waals surface area contributed by atoms with Crippen molar-refractivity contribution in [1.29, 1.82) is 0 Å². The van der Waals surface area contributed by atoms with Crippen LogP contribution in [0.4, 0.5) is 5.69 Å². The lowest BCUT2D eigenvalue weighted by atomic mass is 10.2. The van der Waals surface area contributed by atoms with Crippen molar-refractivity contribution in [2.24, 2.45) is 4.99 Å². The Bertz CT molecular complexity index is 585. The first-order valence-corrected chi connectivity index (χ1v) is 8.38. The zero-order valence-electron chi connectivity index (χ0n) is 12.5. The highest BCUT2D eigenvalue weighted by Crippen LogP contribution is 2.27. The Morgan fingerprint density at radius 1 is 1.32 bits per heavy atom. The molecule has 0 aliphatic carbocycles. The van der Waals surface area contributed by atoms with Gasteiger partial charge in [-0.1, -0.05) is 23.4 Å². The van der Waals surface area contributed by atoms with Crippen LogP contribution in [0.5, 0.6) is 0 Å². The Balaban J connectivity index is 1.90. The van der Waals surface area contributed by atoms with Crippen LogP contribution in [0.15, 0.2) is 29.3 Å². The number of carbonyl (C=O) groups is 2. The predicted molar refractivity (Wildman–Crippen MR) is 91.4 cm³/mol. The van der Waals surface area contributed by atoms with Crippen LogP contribution in [0.1, 0.15) is 20.3 Å². The molecule has 1 aromatic rings. The van der Waals surface area contributed by atoms with Gasteiger partial charge in [-0.2, -0.15) is 4.99 Å². The Hall–Kier alpha value is -1.53. The normalized spacial score (nSPS) is 17.3. The quantitative estimate of drug-likeness (QED) is 0.895. The number of amidine groups is 1. The van der Waals surface area contributed by atoms with E-state index >= 15 is 0 Å². The third-order valence-corrected chi connectivity index (χ3v) is 4.73. The number of anilines is 1. The Labute approximate surface area is 139 Å². The molecular weight excluding hydrogens is 322 g/mol. The van der Waals surface area contributed by atoms with E-state index in [1.54, 1.807) is 24.3 Å². The number of benzene rings is 1. The van der Waals surface area contributed by atoms with Crippen LogP contribution >= 0.6 is 23.4 Å². The van der Waals surface area contributed by atoms with E-state index in [1.807, 2.05) is 18.7 Å². The van der Waals surface area contributed by atoms with Crippen molar-refractivity contribution in [3.05, 3.63) is 29.3 Å². The van der Waals surface area contributed by atoms with Gasteiger partial charge in [0.05, 0.1) is 0 Å². The summed E-state index contributed by atoms with van der Waals surface area (Å²) in [7, 11) is 0. The van der Waals surface area contributed by atoms with Crippen molar-refractivity contribution < 1.29 is 9.59 Å². The lowest BCUT2D eigenvalue weighted by Crippen LogP contribution is -2.27. The first-order chi connectivity index (χ1) is 10.5. The fourth-order valence-electron chi connectivity index (χ4n) is 2.05. The molecular formula is C15H18ClN3O2S. The fraction of sp³-hybridized carbons (Fsp3) is 0.400. The van der Waals surface area contributed by atoms with Crippen LogP contribution < -0.4 is 5.32 Å². The third-order valence-electron chi connectivity index (χ3n) is 3.26. The Morgan fingerprint density at radius 2 is 1.95 bits per heavy atom. The molecule has 118 valence electrons. The maximum absolute atomic E-state index is 12.0. The summed E-state index contributed by atoms with van der Waals surface area (Å²) in [6.07, 6.45) is 0.112. The molecule has 0 fully saturated rings. The van der Waals surface area contributed by atoms with Gasteiger partial charge in [0, 0.05) is 30.2 Å². The molecule has 0 spiro atoms. The van der Waals surface area contributed by atoms with Gasteiger partial charge in [-0.25, -0.2) is 0 Å². The molecule has 2 amide bonds. The van der Waals surface area contributed by atoms with Crippen LogP contribution in [-0.2, 0) is 9.59 Å². The molecule has 1 N–H and O–H groups in total. The zero-order chi connectivity index (χ0) is 16.1. The summed E-state index contributed by atoms with van der Waals surface area (Å²) in [5.41, 5.74) is 0.662. The lowest BCUT2D eigenvalue weighted by molar-refractivity contribution is -0.121. The van der Waals surface area contributed by atoms with E-state index < -0.39 is 5.25 Å². The molecule has 1 aromatic carbocycles. The largest absolute Gasteiger partial charge is 0.352 e. The van der Waals surface area contributed by atoms with E-state index in [0.717, 1.165) is 13.1 Å². The van der Waals surface area contributed by atoms with E-state index in [4.69, 9.17) is 11.6 Å². The Morgan fingerprint density at radius 3 is 2.55 bits per heavy atom. The topological polar surface area (TPSA) is 61.8 Å². The molecule has 0 saturated carbocycles. The predicted octanol–water partition coefficient (Wildman–Crippen LogP) is 3.01. The first-order valence-electron chi connectivity index (χ1n) is 7.13. The molecule has 1 aliphatic rings. The minimum absolute atomic E-state index is 0.112. The van der Waals surface area contributed by atoms with E-state index in [-0.39, 0.29) is 18.2 Å². The van der Waals surface area contributed by atoms with Crippen LogP contribution in [0, 0.1) is 0 Å². The van der Waals surface area contributed by atoms with Gasteiger partial charge in [-0.3, -0.25) is 9.59 Å². The second-order valence-corrected chi connectivity index (χ2v) is 6.38. The van der Waals surface area contributed by atoms with Gasteiger partial charge in [0.2, 0.25) is 5.91 Å². The highest BCUT2D eigenvalue weighted by atomic mass is 35.5. The SMILES string of the molecule is CCN(CC)C1=NC(=O)C(CC(=O)Nc2ccc(Cl)cc2)S1. The number of rotatable bonds is 5. The summed E-state index contributed by atoms with van der Waals surface area (Å²) in [4.78, 5) is 30.0. The van der Waals surface area contributed by atoms with Crippen LogP contribution in [0.25, 0.3) is 0 Å². The number of hydrogen-bond acceptors (Lipinski definition) is 4. The van der Waals surface area contributed by atoms with Crippen molar-refractivity contribution in [2.75, 3.05) is 18.4 Å². The minimum Gasteiger partial charge on any atom is -0.352 e. The van der Waals surface area contributed by atoms with Gasteiger partial charge in [-0.05, 0) is 38.1 Å². The second kappa shape index (κ2) is 7.65. The molecule has 1 aliphatic heterocycles. The molecule has 0 radical (unpaired) electrons. The molecule has 7 heteroatoms. The molecule has 0 aromatic heterocycles. The van der Waals surface area contributed by atoms with E-state index in [9.17, 15) is 9.59 Å². The van der Waals surface area contributed by atoms with Crippen LogP contribution in [0.3, 0.4) is 0 Å².